The molecule has 2 rings (SSSR count). The number of anilines is 1. The summed E-state index contributed by atoms with van der Waals surface area (Å²) in [6, 6.07) is 16.5. The van der Waals surface area contributed by atoms with Crippen LogP contribution in [0.25, 0.3) is 0 Å². The van der Waals surface area contributed by atoms with Crippen molar-refractivity contribution in [3.8, 4) is 5.75 Å². The van der Waals surface area contributed by atoms with Gasteiger partial charge in [-0.2, -0.15) is 0 Å². The molecule has 0 atom stereocenters. The molecular weight excluding hydrogens is 352 g/mol. The predicted octanol–water partition coefficient (Wildman–Crippen LogP) is 3.35. The van der Waals surface area contributed by atoms with Crippen LogP contribution in [0.15, 0.2) is 53.5 Å². The molecule has 0 aliphatic heterocycles. The molecule has 0 aromatic heterocycles. The van der Waals surface area contributed by atoms with Crippen LogP contribution in [0.5, 0.6) is 5.75 Å². The Morgan fingerprint density at radius 3 is 2.29 bits per heavy atom. The number of benzene rings is 2. The molecule has 0 saturated heterocycles. The first kappa shape index (κ1) is 21.6. The molecule has 0 amide bonds. The highest BCUT2D eigenvalue weighted by Crippen LogP contribution is 2.13. The summed E-state index contributed by atoms with van der Waals surface area (Å²) in [7, 11) is 5.43. The normalized spacial score (nSPS) is 11.2. The minimum Gasteiger partial charge on any atom is -0.497 e. The van der Waals surface area contributed by atoms with Crippen LogP contribution in [0.3, 0.4) is 0 Å². The van der Waals surface area contributed by atoms with Gasteiger partial charge in [-0.1, -0.05) is 24.3 Å². The number of aliphatic imine (C=N–C) groups is 1. The number of methoxy groups -OCH3 is 2. The summed E-state index contributed by atoms with van der Waals surface area (Å²) in [5, 5.41) is 6.69. The Hall–Kier alpha value is -2.73. The number of nitrogens with zero attached hydrogens (tertiary/aromatic N) is 2. The van der Waals surface area contributed by atoms with Crippen LogP contribution in [0, 0.1) is 0 Å². The van der Waals surface area contributed by atoms with Gasteiger partial charge in [0, 0.05) is 39.5 Å². The van der Waals surface area contributed by atoms with Crippen LogP contribution >= 0.6 is 0 Å². The second-order valence-electron chi connectivity index (χ2n) is 6.49. The van der Waals surface area contributed by atoms with Gasteiger partial charge in [-0.3, -0.25) is 0 Å². The maximum absolute atomic E-state index is 5.22. The lowest BCUT2D eigenvalue weighted by Gasteiger charge is -2.22. The molecular formula is C22H32N4O2. The Morgan fingerprint density at radius 1 is 1.00 bits per heavy atom. The minimum atomic E-state index is 0.633. The Kier molecular flexibility index (Phi) is 9.15. The summed E-state index contributed by atoms with van der Waals surface area (Å²) < 4.78 is 10.3. The van der Waals surface area contributed by atoms with E-state index in [4.69, 9.17) is 14.5 Å². The predicted molar refractivity (Wildman–Crippen MR) is 116 cm³/mol. The summed E-state index contributed by atoms with van der Waals surface area (Å²) in [6.07, 6.45) is 0. The molecule has 0 spiro atoms. The van der Waals surface area contributed by atoms with E-state index in [1.807, 2.05) is 12.1 Å². The smallest absolute Gasteiger partial charge is 0.194 e. The number of nitrogens with one attached hydrogen (secondary N) is 2. The van der Waals surface area contributed by atoms with Crippen molar-refractivity contribution < 1.29 is 9.47 Å². The lowest BCUT2D eigenvalue weighted by molar-refractivity contribution is 0.211. The van der Waals surface area contributed by atoms with E-state index in [0.29, 0.717) is 13.2 Å². The molecule has 0 heterocycles. The minimum absolute atomic E-state index is 0.633. The van der Waals surface area contributed by atoms with E-state index in [-0.39, 0.29) is 0 Å². The quantitative estimate of drug-likeness (QED) is 0.374. The van der Waals surface area contributed by atoms with Gasteiger partial charge in [-0.15, -0.1) is 0 Å². The fourth-order valence-corrected chi connectivity index (χ4v) is 2.74. The van der Waals surface area contributed by atoms with E-state index in [9.17, 15) is 0 Å². The molecule has 152 valence electrons. The third-order valence-electron chi connectivity index (χ3n) is 4.28. The van der Waals surface area contributed by atoms with Crippen LogP contribution in [0.1, 0.15) is 18.1 Å². The number of ether oxygens (including phenoxy) is 2. The number of guanidine groups is 1. The Bertz CT molecular complexity index is 714. The van der Waals surface area contributed by atoms with Crippen molar-refractivity contribution in [3.63, 3.8) is 0 Å². The topological polar surface area (TPSA) is 58.1 Å². The van der Waals surface area contributed by atoms with E-state index in [2.05, 4.69) is 65.9 Å². The van der Waals surface area contributed by atoms with Crippen molar-refractivity contribution in [2.24, 2.45) is 4.99 Å². The van der Waals surface area contributed by atoms with Crippen molar-refractivity contribution >= 4 is 11.6 Å². The standard InChI is InChI=1S/C22H32N4O2/c1-5-23-22(26(2)17-19-8-12-21(28-4)13-9-19)25-16-18-6-10-20(11-7-18)24-14-15-27-3/h6-13,24H,5,14-17H2,1-4H3,(H,23,25). The van der Waals surface area contributed by atoms with E-state index >= 15 is 0 Å². The van der Waals surface area contributed by atoms with Crippen molar-refractivity contribution in [3.05, 3.63) is 59.7 Å². The lowest BCUT2D eigenvalue weighted by Crippen LogP contribution is -2.38. The average Bonchev–Trinajstić information content (AvgIpc) is 2.72. The zero-order chi connectivity index (χ0) is 20.2. The second kappa shape index (κ2) is 11.9. The molecule has 0 fully saturated rings. The maximum Gasteiger partial charge on any atom is 0.194 e. The molecule has 0 saturated carbocycles. The van der Waals surface area contributed by atoms with Gasteiger partial charge in [-0.05, 0) is 42.3 Å². The zero-order valence-electron chi connectivity index (χ0n) is 17.4. The average molecular weight is 385 g/mol. The molecule has 0 unspecified atom stereocenters. The molecule has 0 aliphatic carbocycles. The Balaban J connectivity index is 1.96. The molecule has 6 heteroatoms. The third kappa shape index (κ3) is 7.12. The summed E-state index contributed by atoms with van der Waals surface area (Å²) in [5.74, 6) is 1.76. The van der Waals surface area contributed by atoms with Gasteiger partial charge < -0.3 is 25.0 Å². The van der Waals surface area contributed by atoms with Crippen LogP contribution in [-0.2, 0) is 17.8 Å². The second-order valence-corrected chi connectivity index (χ2v) is 6.49. The highest BCUT2D eigenvalue weighted by atomic mass is 16.5. The Morgan fingerprint density at radius 2 is 1.68 bits per heavy atom. The number of hydrogen-bond acceptors (Lipinski definition) is 4. The van der Waals surface area contributed by atoms with Crippen LogP contribution in [0.4, 0.5) is 5.69 Å². The highest BCUT2D eigenvalue weighted by molar-refractivity contribution is 5.79. The molecule has 2 aromatic carbocycles. The fraction of sp³-hybridized carbons (Fsp3) is 0.409. The third-order valence-corrected chi connectivity index (χ3v) is 4.28. The van der Waals surface area contributed by atoms with Gasteiger partial charge in [-0.25, -0.2) is 4.99 Å². The van der Waals surface area contributed by atoms with Gasteiger partial charge >= 0.3 is 0 Å². The molecule has 0 radical (unpaired) electrons. The summed E-state index contributed by atoms with van der Waals surface area (Å²) in [4.78, 5) is 6.92. The van der Waals surface area contributed by atoms with Crippen molar-refractivity contribution in [1.82, 2.24) is 10.2 Å². The fourth-order valence-electron chi connectivity index (χ4n) is 2.74. The SMILES string of the molecule is CCNC(=NCc1ccc(NCCOC)cc1)N(C)Cc1ccc(OC)cc1. The maximum atomic E-state index is 5.22. The summed E-state index contributed by atoms with van der Waals surface area (Å²) in [6.45, 7) is 5.81. The van der Waals surface area contributed by atoms with E-state index in [1.54, 1.807) is 14.2 Å². The van der Waals surface area contributed by atoms with Gasteiger partial charge in [0.2, 0.25) is 0 Å². The number of hydrogen-bond donors (Lipinski definition) is 2. The first-order chi connectivity index (χ1) is 13.7. The molecule has 0 aliphatic rings. The van der Waals surface area contributed by atoms with E-state index in [0.717, 1.165) is 37.0 Å². The summed E-state index contributed by atoms with van der Waals surface area (Å²) >= 11 is 0. The highest BCUT2D eigenvalue weighted by Gasteiger charge is 2.07. The van der Waals surface area contributed by atoms with Gasteiger partial charge in [0.25, 0.3) is 0 Å². The molecule has 0 bridgehead atoms. The van der Waals surface area contributed by atoms with Gasteiger partial charge in [0.1, 0.15) is 5.75 Å². The Labute approximate surface area is 168 Å². The van der Waals surface area contributed by atoms with Gasteiger partial charge in [0.05, 0.1) is 20.3 Å². The van der Waals surface area contributed by atoms with Crippen LogP contribution < -0.4 is 15.4 Å². The van der Waals surface area contributed by atoms with Crippen LogP contribution in [0.2, 0.25) is 0 Å². The van der Waals surface area contributed by atoms with Crippen molar-refractivity contribution in [1.29, 1.82) is 0 Å². The first-order valence-corrected chi connectivity index (χ1v) is 9.60. The van der Waals surface area contributed by atoms with Gasteiger partial charge in [0.15, 0.2) is 5.96 Å². The van der Waals surface area contributed by atoms with Crippen LogP contribution in [-0.4, -0.2) is 51.8 Å². The molecule has 2 aromatic rings. The largest absolute Gasteiger partial charge is 0.497 e. The van der Waals surface area contributed by atoms with Crippen molar-refractivity contribution in [2.75, 3.05) is 46.3 Å². The molecule has 28 heavy (non-hydrogen) atoms. The first-order valence-electron chi connectivity index (χ1n) is 9.60. The monoisotopic (exact) mass is 384 g/mol. The number of rotatable bonds is 10. The van der Waals surface area contributed by atoms with Crippen molar-refractivity contribution in [2.45, 2.75) is 20.0 Å². The lowest BCUT2D eigenvalue weighted by atomic mass is 10.2. The molecule has 2 N–H and O–H groups in total. The summed E-state index contributed by atoms with van der Waals surface area (Å²) in [5.41, 5.74) is 3.47. The zero-order valence-corrected chi connectivity index (χ0v) is 17.4. The van der Waals surface area contributed by atoms with E-state index < -0.39 is 0 Å². The molecule has 6 nitrogen and oxygen atoms in total. The van der Waals surface area contributed by atoms with E-state index in [1.165, 1.54) is 11.1 Å².